The lowest BCUT2D eigenvalue weighted by molar-refractivity contribution is -0.132. The average molecular weight is 337 g/mol. The van der Waals surface area contributed by atoms with Crippen molar-refractivity contribution in [2.45, 2.75) is 32.7 Å². The molecule has 1 unspecified atom stereocenters. The van der Waals surface area contributed by atoms with Gasteiger partial charge < -0.3 is 15.5 Å². The van der Waals surface area contributed by atoms with Gasteiger partial charge in [0.1, 0.15) is 6.04 Å². The first-order valence-corrected chi connectivity index (χ1v) is 8.77. The van der Waals surface area contributed by atoms with Crippen molar-refractivity contribution in [1.82, 2.24) is 15.5 Å². The quantitative estimate of drug-likeness (QED) is 0.820. The molecule has 1 aromatic rings. The third-order valence-electron chi connectivity index (χ3n) is 3.85. The van der Waals surface area contributed by atoms with E-state index in [-0.39, 0.29) is 30.2 Å². The van der Waals surface area contributed by atoms with Crippen molar-refractivity contribution in [1.29, 1.82) is 0 Å². The van der Waals surface area contributed by atoms with Crippen LogP contribution in [0.25, 0.3) is 0 Å². The molecule has 1 fully saturated rings. The van der Waals surface area contributed by atoms with Crippen molar-refractivity contribution in [3.8, 4) is 0 Å². The average Bonchev–Trinajstić information content (AvgIpc) is 3.22. The van der Waals surface area contributed by atoms with Crippen LogP contribution in [0.4, 0.5) is 0 Å². The molecule has 1 aromatic heterocycles. The summed E-state index contributed by atoms with van der Waals surface area (Å²) in [6.07, 6.45) is 2.04. The Hall–Kier alpha value is -1.89. The van der Waals surface area contributed by atoms with Crippen molar-refractivity contribution < 1.29 is 14.4 Å². The summed E-state index contributed by atoms with van der Waals surface area (Å²) in [6, 6.07) is 2.85. The molecule has 7 heteroatoms. The van der Waals surface area contributed by atoms with E-state index in [1.165, 1.54) is 11.3 Å². The summed E-state index contributed by atoms with van der Waals surface area (Å²) in [4.78, 5) is 38.7. The molecular weight excluding hydrogens is 314 g/mol. The van der Waals surface area contributed by atoms with Crippen LogP contribution in [0.5, 0.6) is 0 Å². The molecule has 6 nitrogen and oxygen atoms in total. The summed E-state index contributed by atoms with van der Waals surface area (Å²) >= 11 is 1.33. The minimum Gasteiger partial charge on any atom is -0.345 e. The lowest BCUT2D eigenvalue weighted by Crippen LogP contribution is -2.51. The van der Waals surface area contributed by atoms with Crippen LogP contribution in [0, 0.1) is 5.92 Å². The van der Waals surface area contributed by atoms with Gasteiger partial charge in [-0.15, -0.1) is 11.3 Å². The van der Waals surface area contributed by atoms with Gasteiger partial charge in [-0.25, -0.2) is 0 Å². The predicted molar refractivity (Wildman–Crippen MR) is 89.2 cm³/mol. The van der Waals surface area contributed by atoms with E-state index in [9.17, 15) is 14.4 Å². The van der Waals surface area contributed by atoms with Gasteiger partial charge in [0.25, 0.3) is 5.91 Å². The highest BCUT2D eigenvalue weighted by Crippen LogP contribution is 2.10. The van der Waals surface area contributed by atoms with Gasteiger partial charge in [0, 0.05) is 13.1 Å². The maximum absolute atomic E-state index is 12.3. The van der Waals surface area contributed by atoms with Crippen LogP contribution in [0.1, 0.15) is 36.4 Å². The summed E-state index contributed by atoms with van der Waals surface area (Å²) in [5.41, 5.74) is 0. The van der Waals surface area contributed by atoms with E-state index in [1.54, 1.807) is 17.0 Å². The molecule has 1 atom stereocenters. The Bertz CT molecular complexity index is 551. The summed E-state index contributed by atoms with van der Waals surface area (Å²) in [5, 5.41) is 7.21. The number of carbonyl (C=O) groups is 3. The fraction of sp³-hybridized carbons (Fsp3) is 0.562. The van der Waals surface area contributed by atoms with Gasteiger partial charge in [-0.3, -0.25) is 14.4 Å². The maximum Gasteiger partial charge on any atom is 0.262 e. The zero-order valence-corrected chi connectivity index (χ0v) is 14.3. The van der Waals surface area contributed by atoms with Gasteiger partial charge in [0.05, 0.1) is 11.4 Å². The molecule has 2 heterocycles. The van der Waals surface area contributed by atoms with Crippen LogP contribution in [0.15, 0.2) is 17.5 Å². The second-order valence-corrected chi connectivity index (χ2v) is 6.93. The Kier molecular flexibility index (Phi) is 6.15. The Balaban J connectivity index is 1.87. The third kappa shape index (κ3) is 4.79. The minimum atomic E-state index is -0.657. The van der Waals surface area contributed by atoms with Crippen LogP contribution >= 0.6 is 11.3 Å². The van der Waals surface area contributed by atoms with Crippen LogP contribution in [0.3, 0.4) is 0 Å². The first-order valence-electron chi connectivity index (χ1n) is 7.89. The standard InChI is InChI=1S/C16H23N3O3S/c1-11(2)14(18-15(21)12-6-5-9-23-12)16(22)17-10-13(20)19-7-3-4-8-19/h5-6,9,11,14H,3-4,7-8,10H2,1-2H3,(H,17,22)(H,18,21). The summed E-state index contributed by atoms with van der Waals surface area (Å²) in [5.74, 6) is -0.721. The van der Waals surface area contributed by atoms with Crippen molar-refractivity contribution >= 4 is 29.1 Å². The zero-order valence-electron chi connectivity index (χ0n) is 13.5. The van der Waals surface area contributed by atoms with E-state index in [4.69, 9.17) is 0 Å². The van der Waals surface area contributed by atoms with Crippen molar-refractivity contribution in [2.75, 3.05) is 19.6 Å². The van der Waals surface area contributed by atoms with Gasteiger partial charge in [0.15, 0.2) is 0 Å². The molecule has 3 amide bonds. The number of likely N-dealkylation sites (tertiary alicyclic amines) is 1. The van der Waals surface area contributed by atoms with E-state index in [1.807, 2.05) is 19.2 Å². The monoisotopic (exact) mass is 337 g/mol. The van der Waals surface area contributed by atoms with E-state index in [0.29, 0.717) is 4.88 Å². The summed E-state index contributed by atoms with van der Waals surface area (Å²) < 4.78 is 0. The maximum atomic E-state index is 12.3. The smallest absolute Gasteiger partial charge is 0.262 e. The normalized spacial score (nSPS) is 15.5. The fourth-order valence-electron chi connectivity index (χ4n) is 2.51. The van der Waals surface area contributed by atoms with Gasteiger partial charge in [-0.2, -0.15) is 0 Å². The number of nitrogens with zero attached hydrogens (tertiary/aromatic N) is 1. The molecule has 1 saturated heterocycles. The molecule has 1 aliphatic rings. The fourth-order valence-corrected chi connectivity index (χ4v) is 3.13. The highest BCUT2D eigenvalue weighted by Gasteiger charge is 2.26. The second kappa shape index (κ2) is 8.10. The van der Waals surface area contributed by atoms with E-state index in [0.717, 1.165) is 25.9 Å². The SMILES string of the molecule is CC(C)C(NC(=O)c1cccs1)C(=O)NCC(=O)N1CCCC1. The lowest BCUT2D eigenvalue weighted by atomic mass is 10.0. The van der Waals surface area contributed by atoms with E-state index in [2.05, 4.69) is 10.6 Å². The third-order valence-corrected chi connectivity index (χ3v) is 4.72. The Labute approximate surface area is 140 Å². The number of hydrogen-bond acceptors (Lipinski definition) is 4. The van der Waals surface area contributed by atoms with Gasteiger partial charge in [-0.05, 0) is 30.2 Å². The van der Waals surface area contributed by atoms with Crippen molar-refractivity contribution in [3.05, 3.63) is 22.4 Å². The first kappa shape index (κ1) is 17.5. The number of amides is 3. The van der Waals surface area contributed by atoms with Crippen LogP contribution in [-0.4, -0.2) is 48.3 Å². The molecule has 0 aliphatic carbocycles. The highest BCUT2D eigenvalue weighted by molar-refractivity contribution is 7.12. The highest BCUT2D eigenvalue weighted by atomic mass is 32.1. The molecule has 0 radical (unpaired) electrons. The first-order chi connectivity index (χ1) is 11.0. The van der Waals surface area contributed by atoms with Crippen LogP contribution in [0.2, 0.25) is 0 Å². The number of carbonyl (C=O) groups excluding carboxylic acids is 3. The lowest BCUT2D eigenvalue weighted by Gasteiger charge is -2.22. The largest absolute Gasteiger partial charge is 0.345 e. The molecule has 126 valence electrons. The molecule has 0 bridgehead atoms. The molecule has 0 saturated carbocycles. The van der Waals surface area contributed by atoms with Crippen LogP contribution in [-0.2, 0) is 9.59 Å². The Morgan fingerprint density at radius 2 is 1.96 bits per heavy atom. The van der Waals surface area contributed by atoms with Gasteiger partial charge in [-0.1, -0.05) is 19.9 Å². The molecule has 0 spiro atoms. The number of thiophene rings is 1. The molecule has 2 N–H and O–H groups in total. The molecule has 23 heavy (non-hydrogen) atoms. The molecule has 0 aromatic carbocycles. The molecule has 2 rings (SSSR count). The predicted octanol–water partition coefficient (Wildman–Crippen LogP) is 1.24. The van der Waals surface area contributed by atoms with E-state index < -0.39 is 6.04 Å². The Morgan fingerprint density at radius 1 is 1.26 bits per heavy atom. The number of rotatable bonds is 6. The zero-order chi connectivity index (χ0) is 16.8. The summed E-state index contributed by atoms with van der Waals surface area (Å²) in [7, 11) is 0. The molecule has 1 aliphatic heterocycles. The van der Waals surface area contributed by atoms with Crippen molar-refractivity contribution in [2.24, 2.45) is 5.92 Å². The summed E-state index contributed by atoms with van der Waals surface area (Å²) in [6.45, 7) is 5.23. The number of nitrogens with one attached hydrogen (secondary N) is 2. The van der Waals surface area contributed by atoms with E-state index >= 15 is 0 Å². The van der Waals surface area contributed by atoms with Crippen LogP contribution < -0.4 is 10.6 Å². The van der Waals surface area contributed by atoms with Gasteiger partial charge in [0.2, 0.25) is 11.8 Å². The minimum absolute atomic E-state index is 0.0169. The van der Waals surface area contributed by atoms with Crippen molar-refractivity contribution in [3.63, 3.8) is 0 Å². The Morgan fingerprint density at radius 3 is 2.52 bits per heavy atom. The number of hydrogen-bond donors (Lipinski definition) is 2. The van der Waals surface area contributed by atoms with Gasteiger partial charge >= 0.3 is 0 Å². The molecular formula is C16H23N3O3S. The second-order valence-electron chi connectivity index (χ2n) is 5.98. The topological polar surface area (TPSA) is 78.5 Å².